The van der Waals surface area contributed by atoms with Gasteiger partial charge >= 0.3 is 0 Å². The first-order valence-electron chi connectivity index (χ1n) is 12.6. The number of rotatable bonds is 5. The molecule has 1 aliphatic carbocycles. The predicted molar refractivity (Wildman–Crippen MR) is 137 cm³/mol. The summed E-state index contributed by atoms with van der Waals surface area (Å²) < 4.78 is 0. The van der Waals surface area contributed by atoms with Gasteiger partial charge in [-0.2, -0.15) is 4.98 Å². The molecule has 1 N–H and O–H groups in total. The maximum Gasteiger partial charge on any atom is 0.273 e. The SMILES string of the molecule is CC(=O)N1CCN(c2nc(N[C@@H]3CCC[C@H]3c3ccc(Cl)cc3)c3c(n2)C(=O)N(C(C)C)C3)CC1. The summed E-state index contributed by atoms with van der Waals surface area (Å²) in [5.74, 6) is 1.73. The highest BCUT2D eigenvalue weighted by molar-refractivity contribution is 6.30. The van der Waals surface area contributed by atoms with E-state index in [0.717, 1.165) is 35.7 Å². The lowest BCUT2D eigenvalue weighted by Crippen LogP contribution is -2.48. The fourth-order valence-electron chi connectivity index (χ4n) is 5.49. The molecule has 1 saturated heterocycles. The Labute approximate surface area is 211 Å². The maximum absolute atomic E-state index is 13.2. The standard InChI is InChI=1S/C26H33ClN6O2/c1-16(2)33-15-21-23(25(33)35)29-26(32-13-11-31(12-14-32)17(3)34)30-24(21)28-22-6-4-5-20(22)18-7-9-19(27)10-8-18/h7-10,16,20,22H,4-6,11-15H2,1-3H3,(H,28,29,30)/t20-,22+/m0/s1. The normalized spacial score (nSPS) is 22.2. The number of halogens is 1. The molecule has 2 fully saturated rings. The fraction of sp³-hybridized carbons (Fsp3) is 0.538. The van der Waals surface area contributed by atoms with Crippen molar-refractivity contribution in [2.75, 3.05) is 36.4 Å². The Hall–Kier alpha value is -2.87. The molecule has 1 aromatic carbocycles. The van der Waals surface area contributed by atoms with E-state index in [1.165, 1.54) is 5.56 Å². The van der Waals surface area contributed by atoms with Crippen LogP contribution in [0.25, 0.3) is 0 Å². The minimum Gasteiger partial charge on any atom is -0.366 e. The van der Waals surface area contributed by atoms with Gasteiger partial charge in [-0.1, -0.05) is 30.2 Å². The van der Waals surface area contributed by atoms with Crippen LogP contribution in [0.15, 0.2) is 24.3 Å². The average molecular weight is 497 g/mol. The number of amides is 2. The summed E-state index contributed by atoms with van der Waals surface area (Å²) in [4.78, 5) is 40.5. The number of hydrogen-bond donors (Lipinski definition) is 1. The zero-order valence-electron chi connectivity index (χ0n) is 20.6. The largest absolute Gasteiger partial charge is 0.366 e. The van der Waals surface area contributed by atoms with Crippen molar-refractivity contribution in [3.63, 3.8) is 0 Å². The van der Waals surface area contributed by atoms with Crippen LogP contribution in [0.3, 0.4) is 0 Å². The van der Waals surface area contributed by atoms with Crippen molar-refractivity contribution in [2.45, 2.75) is 64.6 Å². The zero-order valence-corrected chi connectivity index (χ0v) is 21.4. The van der Waals surface area contributed by atoms with Gasteiger partial charge in [0.25, 0.3) is 5.91 Å². The Morgan fingerprint density at radius 3 is 2.46 bits per heavy atom. The average Bonchev–Trinajstić information content (AvgIpc) is 3.44. The highest BCUT2D eigenvalue weighted by atomic mass is 35.5. The third kappa shape index (κ3) is 4.68. The van der Waals surface area contributed by atoms with Crippen molar-refractivity contribution in [1.29, 1.82) is 0 Å². The van der Waals surface area contributed by atoms with Crippen molar-refractivity contribution in [2.24, 2.45) is 0 Å². The van der Waals surface area contributed by atoms with Crippen molar-refractivity contribution in [3.05, 3.63) is 46.1 Å². The van der Waals surface area contributed by atoms with Gasteiger partial charge < -0.3 is 20.0 Å². The van der Waals surface area contributed by atoms with Crippen molar-refractivity contribution >= 4 is 35.2 Å². The van der Waals surface area contributed by atoms with E-state index in [-0.39, 0.29) is 23.9 Å². The monoisotopic (exact) mass is 496 g/mol. The van der Waals surface area contributed by atoms with Crippen LogP contribution in [0.5, 0.6) is 0 Å². The topological polar surface area (TPSA) is 81.7 Å². The van der Waals surface area contributed by atoms with E-state index in [9.17, 15) is 9.59 Å². The Balaban J connectivity index is 1.45. The lowest BCUT2D eigenvalue weighted by Gasteiger charge is -2.34. The molecule has 1 saturated carbocycles. The molecule has 3 heterocycles. The lowest BCUT2D eigenvalue weighted by atomic mass is 9.94. The van der Waals surface area contributed by atoms with Crippen LogP contribution in [0, 0.1) is 0 Å². The second-order valence-corrected chi connectivity index (χ2v) is 10.5. The molecule has 8 nitrogen and oxygen atoms in total. The zero-order chi connectivity index (χ0) is 24.7. The minimum absolute atomic E-state index is 0.0373. The molecular formula is C26H33ClN6O2. The molecule has 5 rings (SSSR count). The van der Waals surface area contributed by atoms with Crippen LogP contribution in [0.1, 0.15) is 67.6 Å². The lowest BCUT2D eigenvalue weighted by molar-refractivity contribution is -0.129. The van der Waals surface area contributed by atoms with Crippen molar-refractivity contribution in [3.8, 4) is 0 Å². The van der Waals surface area contributed by atoms with E-state index in [1.54, 1.807) is 6.92 Å². The number of hydrogen-bond acceptors (Lipinski definition) is 6. The number of piperazine rings is 1. The first kappa shape index (κ1) is 23.9. The third-order valence-electron chi connectivity index (χ3n) is 7.55. The highest BCUT2D eigenvalue weighted by Crippen LogP contribution is 2.39. The van der Waals surface area contributed by atoms with Crippen LogP contribution in [-0.4, -0.2) is 69.8 Å². The van der Waals surface area contributed by atoms with Crippen LogP contribution >= 0.6 is 11.6 Å². The molecule has 2 aromatic rings. The molecule has 2 atom stereocenters. The molecular weight excluding hydrogens is 464 g/mol. The molecule has 2 aliphatic heterocycles. The molecule has 2 amide bonds. The van der Waals surface area contributed by atoms with Crippen molar-refractivity contribution in [1.82, 2.24) is 19.8 Å². The number of carbonyl (C=O) groups excluding carboxylic acids is 2. The number of aromatic nitrogens is 2. The van der Waals surface area contributed by atoms with Gasteiger partial charge in [0.15, 0.2) is 0 Å². The van der Waals surface area contributed by atoms with Gasteiger partial charge in [-0.15, -0.1) is 0 Å². The summed E-state index contributed by atoms with van der Waals surface area (Å²) >= 11 is 6.12. The minimum atomic E-state index is -0.0373. The second-order valence-electron chi connectivity index (χ2n) is 10.1. The number of fused-ring (bicyclic) bond motifs is 1. The van der Waals surface area contributed by atoms with Crippen LogP contribution < -0.4 is 10.2 Å². The summed E-state index contributed by atoms with van der Waals surface area (Å²) in [6.07, 6.45) is 3.28. The quantitative estimate of drug-likeness (QED) is 0.675. The van der Waals surface area contributed by atoms with E-state index < -0.39 is 0 Å². The number of benzene rings is 1. The Kier molecular flexibility index (Phi) is 6.57. The van der Waals surface area contributed by atoms with Crippen LogP contribution in [-0.2, 0) is 11.3 Å². The molecule has 1 aromatic heterocycles. The smallest absolute Gasteiger partial charge is 0.273 e. The van der Waals surface area contributed by atoms with Gasteiger partial charge in [-0.05, 0) is 44.4 Å². The van der Waals surface area contributed by atoms with Gasteiger partial charge in [0.05, 0.1) is 6.54 Å². The first-order valence-corrected chi connectivity index (χ1v) is 12.9. The molecule has 3 aliphatic rings. The number of nitrogens with one attached hydrogen (secondary N) is 1. The van der Waals surface area contributed by atoms with Gasteiger partial charge in [-0.3, -0.25) is 9.59 Å². The number of carbonyl (C=O) groups is 2. The van der Waals surface area contributed by atoms with E-state index in [0.29, 0.717) is 50.3 Å². The highest BCUT2D eigenvalue weighted by Gasteiger charge is 2.37. The van der Waals surface area contributed by atoms with E-state index >= 15 is 0 Å². The Morgan fingerprint density at radius 2 is 1.80 bits per heavy atom. The molecule has 0 unspecified atom stereocenters. The van der Waals surface area contributed by atoms with E-state index in [1.807, 2.05) is 35.8 Å². The summed E-state index contributed by atoms with van der Waals surface area (Å²) in [6.45, 7) is 8.73. The summed E-state index contributed by atoms with van der Waals surface area (Å²) in [6, 6.07) is 8.43. The van der Waals surface area contributed by atoms with Crippen LogP contribution in [0.4, 0.5) is 11.8 Å². The molecule has 186 valence electrons. The predicted octanol–water partition coefficient (Wildman–Crippen LogP) is 3.91. The summed E-state index contributed by atoms with van der Waals surface area (Å²) in [7, 11) is 0. The molecule has 0 bridgehead atoms. The van der Waals surface area contributed by atoms with Gasteiger partial charge in [-0.25, -0.2) is 4.98 Å². The van der Waals surface area contributed by atoms with Gasteiger partial charge in [0.1, 0.15) is 11.5 Å². The molecule has 0 spiro atoms. The molecule has 0 radical (unpaired) electrons. The van der Waals surface area contributed by atoms with Crippen LogP contribution in [0.2, 0.25) is 5.02 Å². The summed E-state index contributed by atoms with van der Waals surface area (Å²) in [5.41, 5.74) is 2.66. The van der Waals surface area contributed by atoms with E-state index in [2.05, 4.69) is 22.3 Å². The van der Waals surface area contributed by atoms with Gasteiger partial charge in [0, 0.05) is 61.7 Å². The second kappa shape index (κ2) is 9.64. The fourth-order valence-corrected chi connectivity index (χ4v) is 5.62. The Bertz CT molecular complexity index is 1110. The number of anilines is 2. The van der Waals surface area contributed by atoms with Crippen molar-refractivity contribution < 1.29 is 9.59 Å². The Morgan fingerprint density at radius 1 is 1.09 bits per heavy atom. The molecule has 9 heteroatoms. The van der Waals surface area contributed by atoms with Gasteiger partial charge in [0.2, 0.25) is 11.9 Å². The number of nitrogens with zero attached hydrogens (tertiary/aromatic N) is 5. The first-order chi connectivity index (χ1) is 16.8. The van der Waals surface area contributed by atoms with E-state index in [4.69, 9.17) is 21.6 Å². The maximum atomic E-state index is 13.2. The third-order valence-corrected chi connectivity index (χ3v) is 7.81. The summed E-state index contributed by atoms with van der Waals surface area (Å²) in [5, 5.41) is 4.48. The molecule has 35 heavy (non-hydrogen) atoms.